The Morgan fingerprint density at radius 3 is 2.81 bits per heavy atom. The normalized spacial score (nSPS) is 12.0. The molecule has 0 aliphatic carbocycles. The van der Waals surface area contributed by atoms with Gasteiger partial charge in [-0.3, -0.25) is 4.57 Å². The Labute approximate surface area is 103 Å². The fourth-order valence-corrected chi connectivity index (χ4v) is 2.49. The van der Waals surface area contributed by atoms with E-state index in [4.69, 9.17) is 16.3 Å². The van der Waals surface area contributed by atoms with Gasteiger partial charge in [-0.1, -0.05) is 11.6 Å². The van der Waals surface area contributed by atoms with Crippen molar-refractivity contribution in [2.24, 2.45) is 0 Å². The van der Waals surface area contributed by atoms with Crippen LogP contribution in [0.15, 0.2) is 18.3 Å². The zero-order chi connectivity index (χ0) is 11.9. The van der Waals surface area contributed by atoms with Crippen LogP contribution >= 0.6 is 22.9 Å². The van der Waals surface area contributed by atoms with Crippen LogP contribution in [0.3, 0.4) is 0 Å². The maximum absolute atomic E-state index is 11.8. The number of carbonyl (C=O) groups is 1. The molecule has 0 aliphatic heterocycles. The van der Waals surface area contributed by atoms with Gasteiger partial charge in [0.25, 0.3) is 0 Å². The highest BCUT2D eigenvalue weighted by molar-refractivity contribution is 7.22. The summed E-state index contributed by atoms with van der Waals surface area (Å²) in [5.41, 5.74) is 0.303. The fraction of sp³-hybridized carbons (Fsp3) is 0.364. The molecule has 0 aliphatic rings. The van der Waals surface area contributed by atoms with Gasteiger partial charge in [-0.2, -0.15) is 0 Å². The van der Waals surface area contributed by atoms with Crippen molar-refractivity contribution in [1.29, 1.82) is 0 Å². The third-order valence-electron chi connectivity index (χ3n) is 1.93. The summed E-state index contributed by atoms with van der Waals surface area (Å²) in [5, 5.41) is 0. The predicted molar refractivity (Wildman–Crippen MR) is 66.5 cm³/mol. The van der Waals surface area contributed by atoms with Crippen LogP contribution in [-0.4, -0.2) is 16.3 Å². The largest absolute Gasteiger partial charge is 0.443 e. The summed E-state index contributed by atoms with van der Waals surface area (Å²) < 4.78 is 8.41. The molecule has 0 fully saturated rings. The lowest BCUT2D eigenvalue weighted by molar-refractivity contribution is 0.0544. The number of rotatable bonds is 0. The predicted octanol–water partition coefficient (Wildman–Crippen LogP) is 4.14. The van der Waals surface area contributed by atoms with Crippen molar-refractivity contribution in [3.63, 3.8) is 0 Å². The van der Waals surface area contributed by atoms with Crippen molar-refractivity contribution in [3.05, 3.63) is 22.7 Å². The molecule has 86 valence electrons. The van der Waals surface area contributed by atoms with E-state index in [0.29, 0.717) is 4.34 Å². The minimum atomic E-state index is -0.493. The second-order valence-electron chi connectivity index (χ2n) is 4.47. The SMILES string of the molecule is CC(C)(C)OC(=O)n1ccc2sc(Cl)cc21. The van der Waals surface area contributed by atoms with E-state index in [9.17, 15) is 4.79 Å². The summed E-state index contributed by atoms with van der Waals surface area (Å²) in [6, 6.07) is 3.63. The first-order valence-corrected chi connectivity index (χ1v) is 6.06. The Bertz CT molecular complexity index is 536. The number of aromatic nitrogens is 1. The van der Waals surface area contributed by atoms with Crippen molar-refractivity contribution in [2.45, 2.75) is 26.4 Å². The van der Waals surface area contributed by atoms with E-state index in [1.165, 1.54) is 15.9 Å². The molecular formula is C11H12ClNO2S. The lowest BCUT2D eigenvalue weighted by Gasteiger charge is -2.19. The van der Waals surface area contributed by atoms with Gasteiger partial charge in [-0.15, -0.1) is 11.3 Å². The van der Waals surface area contributed by atoms with E-state index in [0.717, 1.165) is 10.2 Å². The van der Waals surface area contributed by atoms with Gasteiger partial charge in [0, 0.05) is 6.20 Å². The quantitative estimate of drug-likeness (QED) is 0.710. The average Bonchev–Trinajstić information content (AvgIpc) is 2.58. The van der Waals surface area contributed by atoms with E-state index in [1.807, 2.05) is 26.8 Å². The van der Waals surface area contributed by atoms with E-state index >= 15 is 0 Å². The van der Waals surface area contributed by atoms with Crippen molar-refractivity contribution >= 4 is 39.2 Å². The van der Waals surface area contributed by atoms with Crippen LogP contribution in [0, 0.1) is 0 Å². The number of hydrogen-bond acceptors (Lipinski definition) is 3. The maximum atomic E-state index is 11.8. The molecule has 2 aromatic rings. The van der Waals surface area contributed by atoms with E-state index in [-0.39, 0.29) is 6.09 Å². The lowest BCUT2D eigenvalue weighted by atomic mass is 10.2. The van der Waals surface area contributed by atoms with Crippen molar-refractivity contribution in [2.75, 3.05) is 0 Å². The zero-order valence-electron chi connectivity index (χ0n) is 9.28. The molecule has 0 saturated heterocycles. The Morgan fingerprint density at radius 2 is 2.19 bits per heavy atom. The molecule has 5 heteroatoms. The number of hydrogen-bond donors (Lipinski definition) is 0. The van der Waals surface area contributed by atoms with Gasteiger partial charge in [-0.05, 0) is 32.9 Å². The van der Waals surface area contributed by atoms with Crippen molar-refractivity contribution in [3.8, 4) is 0 Å². The fourth-order valence-electron chi connectivity index (χ4n) is 1.37. The lowest BCUT2D eigenvalue weighted by Crippen LogP contribution is -2.26. The molecule has 0 bridgehead atoms. The molecule has 0 unspecified atom stereocenters. The van der Waals surface area contributed by atoms with Gasteiger partial charge in [0.2, 0.25) is 0 Å². The zero-order valence-corrected chi connectivity index (χ0v) is 10.9. The molecule has 2 rings (SSSR count). The van der Waals surface area contributed by atoms with E-state index in [2.05, 4.69) is 0 Å². The Kier molecular flexibility index (Phi) is 2.72. The number of halogens is 1. The summed E-state index contributed by atoms with van der Waals surface area (Å²) >= 11 is 7.33. The third-order valence-corrected chi connectivity index (χ3v) is 3.15. The molecule has 0 saturated carbocycles. The molecule has 16 heavy (non-hydrogen) atoms. The van der Waals surface area contributed by atoms with Gasteiger partial charge in [0.1, 0.15) is 5.60 Å². The highest BCUT2D eigenvalue weighted by Gasteiger charge is 2.19. The van der Waals surface area contributed by atoms with E-state index in [1.54, 1.807) is 12.3 Å². The number of nitrogens with zero attached hydrogens (tertiary/aromatic N) is 1. The van der Waals surface area contributed by atoms with Crippen LogP contribution in [0.2, 0.25) is 4.34 Å². The Balaban J connectivity index is 2.36. The molecule has 0 N–H and O–H groups in total. The first-order chi connectivity index (χ1) is 7.37. The molecule has 2 aromatic heterocycles. The van der Waals surface area contributed by atoms with Crippen LogP contribution in [0.1, 0.15) is 20.8 Å². The van der Waals surface area contributed by atoms with Crippen LogP contribution < -0.4 is 0 Å². The molecule has 2 heterocycles. The molecule has 0 spiro atoms. The van der Waals surface area contributed by atoms with Gasteiger partial charge in [0.05, 0.1) is 14.6 Å². The molecule has 3 nitrogen and oxygen atoms in total. The maximum Gasteiger partial charge on any atom is 0.419 e. The molecule has 0 aromatic carbocycles. The number of ether oxygens (including phenoxy) is 1. The first-order valence-electron chi connectivity index (χ1n) is 4.86. The molecular weight excluding hydrogens is 246 g/mol. The second-order valence-corrected chi connectivity index (χ2v) is 6.18. The number of carbonyl (C=O) groups excluding carboxylic acids is 1. The van der Waals surface area contributed by atoms with Gasteiger partial charge < -0.3 is 4.74 Å². The van der Waals surface area contributed by atoms with Crippen LogP contribution in [0.5, 0.6) is 0 Å². The van der Waals surface area contributed by atoms with Gasteiger partial charge >= 0.3 is 6.09 Å². The minimum absolute atomic E-state index is 0.378. The summed E-state index contributed by atoms with van der Waals surface area (Å²) in [7, 11) is 0. The Morgan fingerprint density at radius 1 is 1.50 bits per heavy atom. The van der Waals surface area contributed by atoms with Crippen LogP contribution in [-0.2, 0) is 4.74 Å². The highest BCUT2D eigenvalue weighted by Crippen LogP contribution is 2.30. The van der Waals surface area contributed by atoms with Crippen molar-refractivity contribution in [1.82, 2.24) is 4.57 Å². The second kappa shape index (κ2) is 3.79. The molecule has 0 atom stereocenters. The van der Waals surface area contributed by atoms with Crippen molar-refractivity contribution < 1.29 is 9.53 Å². The average molecular weight is 258 g/mol. The topological polar surface area (TPSA) is 31.2 Å². The molecule has 0 amide bonds. The number of fused-ring (bicyclic) bond motifs is 1. The third kappa shape index (κ3) is 2.23. The summed E-state index contributed by atoms with van der Waals surface area (Å²) in [4.78, 5) is 11.8. The van der Waals surface area contributed by atoms with E-state index < -0.39 is 5.60 Å². The smallest absolute Gasteiger partial charge is 0.419 e. The van der Waals surface area contributed by atoms with Gasteiger partial charge in [-0.25, -0.2) is 4.79 Å². The molecule has 0 radical (unpaired) electrons. The van der Waals surface area contributed by atoms with Crippen LogP contribution in [0.25, 0.3) is 10.2 Å². The summed E-state index contributed by atoms with van der Waals surface area (Å²) in [6.07, 6.45) is 1.32. The monoisotopic (exact) mass is 257 g/mol. The first kappa shape index (κ1) is 11.5. The Hall–Kier alpha value is -1.00. The van der Waals surface area contributed by atoms with Crippen LogP contribution in [0.4, 0.5) is 4.79 Å². The summed E-state index contributed by atoms with van der Waals surface area (Å²) in [5.74, 6) is 0. The standard InChI is InChI=1S/C11H12ClNO2S/c1-11(2,3)15-10(14)13-5-4-8-7(13)6-9(12)16-8/h4-6H,1-3H3. The minimum Gasteiger partial charge on any atom is -0.443 e. The summed E-state index contributed by atoms with van der Waals surface area (Å²) in [6.45, 7) is 5.52. The number of thiophene rings is 1. The highest BCUT2D eigenvalue weighted by atomic mass is 35.5. The van der Waals surface area contributed by atoms with Gasteiger partial charge in [0.15, 0.2) is 0 Å².